The zero-order valence-corrected chi connectivity index (χ0v) is 28.0. The molecule has 3 aliphatic rings. The van der Waals surface area contributed by atoms with Gasteiger partial charge in [-0.3, -0.25) is 9.78 Å². The number of nitrogens with one attached hydrogen (secondary N) is 2. The Bertz CT molecular complexity index is 2300. The van der Waals surface area contributed by atoms with Crippen molar-refractivity contribution in [1.82, 2.24) is 19.9 Å². The fraction of sp³-hybridized carbons (Fsp3) is 0.243. The van der Waals surface area contributed by atoms with Gasteiger partial charge in [0.05, 0.1) is 77.3 Å². The van der Waals surface area contributed by atoms with Gasteiger partial charge < -0.3 is 29.3 Å². The van der Waals surface area contributed by atoms with Crippen LogP contribution in [0.1, 0.15) is 68.5 Å². The van der Waals surface area contributed by atoms with Gasteiger partial charge in [-0.1, -0.05) is 24.8 Å². The second kappa shape index (κ2) is 11.9. The first-order valence-corrected chi connectivity index (χ1v) is 15.3. The van der Waals surface area contributed by atoms with E-state index in [1.807, 2.05) is 6.92 Å². The van der Waals surface area contributed by atoms with E-state index in [9.17, 15) is 24.3 Å². The molecule has 250 valence electrons. The van der Waals surface area contributed by atoms with E-state index >= 15 is 0 Å². The second-order valence-electron chi connectivity index (χ2n) is 12.1. The van der Waals surface area contributed by atoms with Gasteiger partial charge in [-0.05, 0) is 74.2 Å². The number of ether oxygens (including phenoxy) is 3. The first kappa shape index (κ1) is 32.9. The zero-order valence-electron chi connectivity index (χ0n) is 28.0. The van der Waals surface area contributed by atoms with E-state index in [-0.39, 0.29) is 27.7 Å². The lowest BCUT2D eigenvalue weighted by molar-refractivity contribution is -0.149. The number of aromatic nitrogens is 4. The third-order valence-electron chi connectivity index (χ3n) is 9.66. The van der Waals surface area contributed by atoms with E-state index in [4.69, 9.17) is 24.2 Å². The summed E-state index contributed by atoms with van der Waals surface area (Å²) in [6.45, 7) is 11.1. The summed E-state index contributed by atoms with van der Waals surface area (Å²) in [5.41, 5.74) is 5.68. The number of aryl methyl sites for hydroxylation is 2. The molecule has 49 heavy (non-hydrogen) atoms. The average Bonchev–Trinajstić information content (AvgIpc) is 3.74. The molecule has 0 fully saturated rings. The molecule has 0 aromatic carbocycles. The van der Waals surface area contributed by atoms with Crippen LogP contribution in [0.3, 0.4) is 0 Å². The predicted octanol–water partition coefficient (Wildman–Crippen LogP) is 5.78. The highest BCUT2D eigenvalue weighted by atomic mass is 16.5. The minimum Gasteiger partial charge on any atom is -0.478 e. The van der Waals surface area contributed by atoms with Crippen molar-refractivity contribution in [3.8, 4) is 0 Å². The molecule has 2 atom stereocenters. The SMILES string of the molecule is C=CC1=C(C)c2cc3nc(cc4[nH]c(cc5[nH]c(cc1n2)c(C)c5C(=O)O)c(C(=O)OC)c4C)C1(C)C3=CC=C(C(=O)OC)C1C(=O)OC. The number of aromatic carboxylic acids is 1. The summed E-state index contributed by atoms with van der Waals surface area (Å²) >= 11 is 0. The number of rotatable bonds is 5. The van der Waals surface area contributed by atoms with E-state index in [1.165, 1.54) is 21.3 Å². The van der Waals surface area contributed by atoms with Crippen molar-refractivity contribution in [2.24, 2.45) is 5.92 Å². The Morgan fingerprint density at radius 3 is 2.04 bits per heavy atom. The number of methoxy groups -OCH3 is 3. The van der Waals surface area contributed by atoms with E-state index < -0.39 is 35.2 Å². The Kier molecular flexibility index (Phi) is 7.98. The quantitative estimate of drug-likeness (QED) is 0.225. The van der Waals surface area contributed by atoms with Gasteiger partial charge in [0, 0.05) is 16.6 Å². The fourth-order valence-corrected chi connectivity index (χ4v) is 7.01. The number of H-pyrrole nitrogens is 2. The van der Waals surface area contributed by atoms with Crippen molar-refractivity contribution in [2.45, 2.75) is 33.1 Å². The molecular weight excluding hydrogens is 628 g/mol. The third-order valence-corrected chi connectivity index (χ3v) is 9.66. The van der Waals surface area contributed by atoms with Crippen molar-refractivity contribution in [1.29, 1.82) is 0 Å². The number of esters is 3. The smallest absolute Gasteiger partial charge is 0.340 e. The van der Waals surface area contributed by atoms with Crippen molar-refractivity contribution in [3.05, 3.63) is 99.7 Å². The molecule has 2 aliphatic heterocycles. The first-order valence-electron chi connectivity index (χ1n) is 15.3. The molecule has 8 bridgehead atoms. The van der Waals surface area contributed by atoms with Crippen LogP contribution in [0.5, 0.6) is 0 Å². The number of carbonyl (C=O) groups is 4. The van der Waals surface area contributed by atoms with Crippen molar-refractivity contribution in [3.63, 3.8) is 0 Å². The number of carboxylic acid groups (broad SMARTS) is 1. The minimum atomic E-state index is -1.24. The summed E-state index contributed by atoms with van der Waals surface area (Å²) in [6.07, 6.45) is 4.97. The van der Waals surface area contributed by atoms with E-state index in [0.717, 1.165) is 11.1 Å². The maximum Gasteiger partial charge on any atom is 0.340 e. The van der Waals surface area contributed by atoms with Crippen LogP contribution in [0, 0.1) is 19.8 Å². The van der Waals surface area contributed by atoms with Crippen LogP contribution in [-0.2, 0) is 29.2 Å². The summed E-state index contributed by atoms with van der Waals surface area (Å²) in [5, 5.41) is 10.2. The van der Waals surface area contributed by atoms with Crippen LogP contribution >= 0.6 is 0 Å². The van der Waals surface area contributed by atoms with Crippen LogP contribution in [0.4, 0.5) is 0 Å². The van der Waals surface area contributed by atoms with Gasteiger partial charge in [-0.25, -0.2) is 19.4 Å². The maximum atomic E-state index is 13.6. The van der Waals surface area contributed by atoms with Gasteiger partial charge in [0.25, 0.3) is 0 Å². The van der Waals surface area contributed by atoms with Gasteiger partial charge in [0.15, 0.2) is 0 Å². The van der Waals surface area contributed by atoms with E-state index in [2.05, 4.69) is 16.5 Å². The Balaban J connectivity index is 1.85. The summed E-state index contributed by atoms with van der Waals surface area (Å²) in [4.78, 5) is 68.7. The third kappa shape index (κ3) is 4.90. The topological polar surface area (TPSA) is 174 Å². The molecule has 0 saturated carbocycles. The highest BCUT2D eigenvalue weighted by Gasteiger charge is 2.53. The molecule has 12 heteroatoms. The van der Waals surface area contributed by atoms with Crippen LogP contribution in [-0.4, -0.2) is 70.2 Å². The number of aromatic amines is 2. The molecule has 5 heterocycles. The summed E-state index contributed by atoms with van der Waals surface area (Å²) < 4.78 is 15.4. The molecule has 0 spiro atoms. The van der Waals surface area contributed by atoms with Gasteiger partial charge in [0.2, 0.25) is 0 Å². The molecule has 0 radical (unpaired) electrons. The first-order chi connectivity index (χ1) is 23.3. The Morgan fingerprint density at radius 2 is 1.43 bits per heavy atom. The monoisotopic (exact) mass is 662 g/mol. The van der Waals surface area contributed by atoms with Crippen LogP contribution < -0.4 is 0 Å². The maximum absolute atomic E-state index is 13.6. The molecule has 3 N–H and O–H groups in total. The molecule has 6 rings (SSSR count). The van der Waals surface area contributed by atoms with Crippen LogP contribution in [0.25, 0.3) is 38.8 Å². The average molecular weight is 663 g/mol. The van der Waals surface area contributed by atoms with Gasteiger partial charge >= 0.3 is 23.9 Å². The molecule has 3 aromatic heterocycles. The van der Waals surface area contributed by atoms with Crippen LogP contribution in [0.2, 0.25) is 0 Å². The number of carboxylic acids is 1. The van der Waals surface area contributed by atoms with Crippen molar-refractivity contribution < 1.29 is 38.5 Å². The van der Waals surface area contributed by atoms with E-state index in [0.29, 0.717) is 50.5 Å². The highest BCUT2D eigenvalue weighted by molar-refractivity contribution is 6.06. The number of fused-ring (bicyclic) bond motifs is 11. The summed E-state index contributed by atoms with van der Waals surface area (Å²) in [7, 11) is 3.74. The number of allylic oxidation sites excluding steroid dienone is 6. The van der Waals surface area contributed by atoms with Crippen LogP contribution in [0.15, 0.2) is 54.6 Å². The van der Waals surface area contributed by atoms with E-state index in [1.54, 1.807) is 63.3 Å². The molecule has 0 amide bonds. The van der Waals surface area contributed by atoms with Gasteiger partial charge in [-0.2, -0.15) is 0 Å². The lowest BCUT2D eigenvalue weighted by Crippen LogP contribution is -2.42. The fourth-order valence-electron chi connectivity index (χ4n) is 7.01. The molecule has 2 unspecified atom stereocenters. The van der Waals surface area contributed by atoms with Crippen molar-refractivity contribution >= 4 is 62.7 Å². The zero-order chi connectivity index (χ0) is 35.5. The molecule has 12 nitrogen and oxygen atoms in total. The van der Waals surface area contributed by atoms with Gasteiger partial charge in [-0.15, -0.1) is 0 Å². The molecule has 3 aromatic rings. The lowest BCUT2D eigenvalue weighted by Gasteiger charge is -2.36. The highest BCUT2D eigenvalue weighted by Crippen LogP contribution is 2.52. The Morgan fingerprint density at radius 1 is 0.796 bits per heavy atom. The van der Waals surface area contributed by atoms with Crippen molar-refractivity contribution in [2.75, 3.05) is 21.3 Å². The second-order valence-corrected chi connectivity index (χ2v) is 12.1. The summed E-state index contributed by atoms with van der Waals surface area (Å²) in [6, 6.07) is 6.81. The number of hydrogen-bond acceptors (Lipinski definition) is 9. The Hall–Kier alpha value is -6.04. The molecule has 0 saturated heterocycles. The Labute approximate surface area is 280 Å². The standard InChI is InChI=1S/C37H34N4O8/c1-9-19-16(2)22-13-26-21-11-10-20(34(44)47-6)32(36(46)49-8)37(21,5)29(41-26)15-24-18(4)31(35(45)48-7)28(40-24)14-27-30(33(42)43)17(3)23(39-27)12-25(19)38-22/h9-15,32,39-40H,1H2,2-8H3,(H,42,43). The number of hydrogen-bond donors (Lipinski definition) is 3. The molecule has 1 aliphatic carbocycles. The normalized spacial score (nSPS) is 18.2. The number of carbonyl (C=O) groups excluding carboxylic acids is 3. The predicted molar refractivity (Wildman–Crippen MR) is 182 cm³/mol. The number of nitrogens with zero attached hydrogens (tertiary/aromatic N) is 2. The molecular formula is C37H34N4O8. The summed E-state index contributed by atoms with van der Waals surface area (Å²) in [5.74, 6) is -4.31. The van der Waals surface area contributed by atoms with Gasteiger partial charge in [0.1, 0.15) is 5.92 Å². The minimum absolute atomic E-state index is 0.0194. The lowest BCUT2D eigenvalue weighted by atomic mass is 9.64. The largest absolute Gasteiger partial charge is 0.478 e.